The molecule has 1 aliphatic rings. The SMILES string of the molecule is CC(C)C(N=C=S)C1CC1. The molecule has 1 saturated carbocycles. The first-order chi connectivity index (χ1) is 4.75. The van der Waals surface area contributed by atoms with E-state index in [1.54, 1.807) is 0 Å². The van der Waals surface area contributed by atoms with E-state index in [0.29, 0.717) is 12.0 Å². The lowest BCUT2D eigenvalue weighted by molar-refractivity contribution is 0.451. The third kappa shape index (κ3) is 1.89. The summed E-state index contributed by atoms with van der Waals surface area (Å²) in [5, 5.41) is 2.48. The summed E-state index contributed by atoms with van der Waals surface area (Å²) in [6.45, 7) is 4.39. The smallest absolute Gasteiger partial charge is 0.0653 e. The Balaban J connectivity index is 2.49. The first-order valence-electron chi connectivity index (χ1n) is 3.82. The van der Waals surface area contributed by atoms with Gasteiger partial charge >= 0.3 is 0 Å². The number of hydrogen-bond acceptors (Lipinski definition) is 2. The van der Waals surface area contributed by atoms with Gasteiger partial charge in [-0.3, -0.25) is 0 Å². The second-order valence-electron chi connectivity index (χ2n) is 3.29. The van der Waals surface area contributed by atoms with Crippen LogP contribution in [0.3, 0.4) is 0 Å². The molecule has 1 atom stereocenters. The van der Waals surface area contributed by atoms with E-state index >= 15 is 0 Å². The van der Waals surface area contributed by atoms with Crippen molar-refractivity contribution in [2.45, 2.75) is 32.7 Å². The van der Waals surface area contributed by atoms with Crippen molar-refractivity contribution in [2.24, 2.45) is 16.8 Å². The molecular formula is C8H13NS. The highest BCUT2D eigenvalue weighted by Gasteiger charge is 2.32. The van der Waals surface area contributed by atoms with Crippen molar-refractivity contribution in [3.8, 4) is 0 Å². The van der Waals surface area contributed by atoms with Gasteiger partial charge in [0.25, 0.3) is 0 Å². The van der Waals surface area contributed by atoms with Crippen LogP contribution in [0, 0.1) is 11.8 Å². The highest BCUT2D eigenvalue weighted by Crippen LogP contribution is 2.37. The molecule has 0 aliphatic heterocycles. The Hall–Kier alpha value is -0.200. The van der Waals surface area contributed by atoms with Crippen LogP contribution in [0.15, 0.2) is 4.99 Å². The molecule has 1 rings (SSSR count). The summed E-state index contributed by atoms with van der Waals surface area (Å²) in [6.07, 6.45) is 2.67. The maximum absolute atomic E-state index is 4.58. The number of isothiocyanates is 1. The van der Waals surface area contributed by atoms with Crippen LogP contribution in [0.1, 0.15) is 26.7 Å². The van der Waals surface area contributed by atoms with Crippen LogP contribution in [-0.4, -0.2) is 11.2 Å². The average molecular weight is 155 g/mol. The fourth-order valence-corrected chi connectivity index (χ4v) is 1.42. The molecule has 1 unspecified atom stereocenters. The molecule has 0 saturated heterocycles. The summed E-state index contributed by atoms with van der Waals surface area (Å²) in [5.41, 5.74) is 0. The fraction of sp³-hybridized carbons (Fsp3) is 0.875. The number of aliphatic imine (C=N–C) groups is 1. The quantitative estimate of drug-likeness (QED) is 0.450. The van der Waals surface area contributed by atoms with Crippen molar-refractivity contribution in [1.82, 2.24) is 0 Å². The van der Waals surface area contributed by atoms with Crippen molar-refractivity contribution in [2.75, 3.05) is 0 Å². The molecule has 2 heteroatoms. The Morgan fingerprint density at radius 2 is 2.10 bits per heavy atom. The summed E-state index contributed by atoms with van der Waals surface area (Å²) < 4.78 is 0. The van der Waals surface area contributed by atoms with Crippen LogP contribution in [-0.2, 0) is 0 Å². The molecule has 1 aliphatic carbocycles. The standard InChI is InChI=1S/C8H13NS/c1-6(2)8(9-5-10)7-3-4-7/h6-8H,3-4H2,1-2H3. The second kappa shape index (κ2) is 3.27. The van der Waals surface area contributed by atoms with Gasteiger partial charge in [-0.1, -0.05) is 13.8 Å². The van der Waals surface area contributed by atoms with Gasteiger partial charge in [-0.2, -0.15) is 0 Å². The molecule has 1 fully saturated rings. The Bertz CT molecular complexity index is 153. The van der Waals surface area contributed by atoms with Crippen LogP contribution in [0.4, 0.5) is 0 Å². The summed E-state index contributed by atoms with van der Waals surface area (Å²) in [5.74, 6) is 1.44. The predicted molar refractivity (Wildman–Crippen MR) is 46.4 cm³/mol. The van der Waals surface area contributed by atoms with Crippen LogP contribution in [0.2, 0.25) is 0 Å². The van der Waals surface area contributed by atoms with Gasteiger partial charge < -0.3 is 0 Å². The summed E-state index contributed by atoms with van der Waals surface area (Å²) in [6, 6.07) is 0.456. The zero-order valence-corrected chi connectivity index (χ0v) is 7.32. The fourth-order valence-electron chi connectivity index (χ4n) is 1.30. The molecule has 0 N–H and O–H groups in total. The van der Waals surface area contributed by atoms with Crippen molar-refractivity contribution in [1.29, 1.82) is 0 Å². The Morgan fingerprint density at radius 1 is 1.50 bits per heavy atom. The molecule has 56 valence electrons. The number of thiocarbonyl (C=S) groups is 1. The van der Waals surface area contributed by atoms with E-state index in [4.69, 9.17) is 0 Å². The molecule has 0 bridgehead atoms. The van der Waals surface area contributed by atoms with Crippen molar-refractivity contribution in [3.63, 3.8) is 0 Å². The van der Waals surface area contributed by atoms with E-state index < -0.39 is 0 Å². The maximum Gasteiger partial charge on any atom is 0.0653 e. The van der Waals surface area contributed by atoms with Gasteiger partial charge in [0.05, 0.1) is 11.2 Å². The van der Waals surface area contributed by atoms with Gasteiger partial charge in [-0.05, 0) is 36.9 Å². The average Bonchev–Trinajstić information content (AvgIpc) is 2.63. The first-order valence-corrected chi connectivity index (χ1v) is 4.23. The Morgan fingerprint density at radius 3 is 2.40 bits per heavy atom. The first kappa shape index (κ1) is 7.90. The lowest BCUT2D eigenvalue weighted by Crippen LogP contribution is -2.14. The topological polar surface area (TPSA) is 12.4 Å². The highest BCUT2D eigenvalue weighted by molar-refractivity contribution is 7.78. The molecule has 0 heterocycles. The van der Waals surface area contributed by atoms with E-state index in [0.717, 1.165) is 5.92 Å². The third-order valence-electron chi connectivity index (χ3n) is 1.99. The lowest BCUT2D eigenvalue weighted by atomic mass is 10.0. The molecule has 0 aromatic heterocycles. The highest BCUT2D eigenvalue weighted by atomic mass is 32.1. The summed E-state index contributed by atoms with van der Waals surface area (Å²) >= 11 is 4.58. The van der Waals surface area contributed by atoms with Gasteiger partial charge in [-0.25, -0.2) is 4.99 Å². The van der Waals surface area contributed by atoms with E-state index in [9.17, 15) is 0 Å². The minimum Gasteiger partial charge on any atom is -0.229 e. The predicted octanol–water partition coefficient (Wildman–Crippen LogP) is 2.52. The van der Waals surface area contributed by atoms with Gasteiger partial charge in [0, 0.05) is 0 Å². The molecule has 1 nitrogen and oxygen atoms in total. The van der Waals surface area contributed by atoms with Crippen molar-refractivity contribution < 1.29 is 0 Å². The zero-order valence-electron chi connectivity index (χ0n) is 6.50. The van der Waals surface area contributed by atoms with E-state index in [1.165, 1.54) is 12.8 Å². The Kier molecular flexibility index (Phi) is 2.58. The lowest BCUT2D eigenvalue weighted by Gasteiger charge is -2.12. The number of rotatable bonds is 3. The van der Waals surface area contributed by atoms with E-state index in [-0.39, 0.29) is 0 Å². The molecule has 0 amide bonds. The minimum absolute atomic E-state index is 0.456. The molecular weight excluding hydrogens is 142 g/mol. The summed E-state index contributed by atoms with van der Waals surface area (Å²) in [4.78, 5) is 4.15. The maximum atomic E-state index is 4.58. The Labute approximate surface area is 67.5 Å². The molecule has 0 aromatic carbocycles. The van der Waals surface area contributed by atoms with Crippen LogP contribution in [0.25, 0.3) is 0 Å². The van der Waals surface area contributed by atoms with E-state index in [1.807, 2.05) is 0 Å². The van der Waals surface area contributed by atoms with Gasteiger partial charge in [-0.15, -0.1) is 0 Å². The summed E-state index contributed by atoms with van der Waals surface area (Å²) in [7, 11) is 0. The van der Waals surface area contributed by atoms with Gasteiger partial charge in [0.2, 0.25) is 0 Å². The zero-order chi connectivity index (χ0) is 7.56. The molecule has 0 radical (unpaired) electrons. The van der Waals surface area contributed by atoms with E-state index in [2.05, 4.69) is 36.2 Å². The van der Waals surface area contributed by atoms with Crippen LogP contribution >= 0.6 is 12.2 Å². The largest absolute Gasteiger partial charge is 0.229 e. The number of nitrogens with zero attached hydrogens (tertiary/aromatic N) is 1. The molecule has 0 spiro atoms. The van der Waals surface area contributed by atoms with Crippen LogP contribution in [0.5, 0.6) is 0 Å². The number of hydrogen-bond donors (Lipinski definition) is 0. The molecule has 0 aromatic rings. The molecule has 10 heavy (non-hydrogen) atoms. The van der Waals surface area contributed by atoms with Crippen molar-refractivity contribution in [3.05, 3.63) is 0 Å². The van der Waals surface area contributed by atoms with Gasteiger partial charge in [0.1, 0.15) is 0 Å². The normalized spacial score (nSPS) is 20.3. The minimum atomic E-state index is 0.456. The monoisotopic (exact) mass is 155 g/mol. The third-order valence-corrected chi connectivity index (χ3v) is 2.10. The van der Waals surface area contributed by atoms with Crippen molar-refractivity contribution >= 4 is 17.4 Å². The second-order valence-corrected chi connectivity index (χ2v) is 3.48. The van der Waals surface area contributed by atoms with Crippen LogP contribution < -0.4 is 0 Å². The van der Waals surface area contributed by atoms with Gasteiger partial charge in [0.15, 0.2) is 0 Å².